The van der Waals surface area contributed by atoms with Crippen LogP contribution < -0.4 is 0 Å². The van der Waals surface area contributed by atoms with Gasteiger partial charge < -0.3 is 0 Å². The third-order valence-electron chi connectivity index (χ3n) is 6.39. The van der Waals surface area contributed by atoms with Crippen LogP contribution in [0.5, 0.6) is 0 Å². The Morgan fingerprint density at radius 2 is 0.872 bits per heavy atom. The Balaban J connectivity index is 1.83. The molecule has 0 fully saturated rings. The molecule has 3 aromatic carbocycles. The molecule has 1 aliphatic carbocycles. The molecule has 0 amide bonds. The summed E-state index contributed by atoms with van der Waals surface area (Å²) in [4.78, 5) is 39.9. The number of benzene rings is 3. The first-order valence-electron chi connectivity index (χ1n) is 11.8. The molecular weight excluding hydrogens is 549 g/mol. The molecule has 0 saturated carbocycles. The van der Waals surface area contributed by atoms with Crippen molar-refractivity contribution in [1.29, 1.82) is 0 Å². The molecule has 0 spiro atoms. The van der Waals surface area contributed by atoms with Crippen molar-refractivity contribution in [2.75, 3.05) is 0 Å². The number of halogens is 3. The fourth-order valence-electron chi connectivity index (χ4n) is 3.96. The number of carbonyl (C=O) groups is 3. The van der Waals surface area contributed by atoms with Crippen LogP contribution >= 0.6 is 0 Å². The Labute approximate surface area is 227 Å². The molecule has 0 unspecified atom stereocenters. The SMILES string of the molecule is CC1=C(C)C(C)=[C]([Ti]([O]C(=O)c2ccc(F)cc2)([O]C(=O)c2ccc(F)cc2)[O]C(=O)c2ccc(F)cc2)C1. The number of carbonyl (C=O) groups excluding carboxylic acids is 3. The van der Waals surface area contributed by atoms with Gasteiger partial charge in [-0.1, -0.05) is 0 Å². The number of hydrogen-bond donors (Lipinski definition) is 0. The minimum absolute atomic E-state index is 0.0697. The summed E-state index contributed by atoms with van der Waals surface area (Å²) in [7, 11) is 0. The van der Waals surface area contributed by atoms with E-state index in [1.165, 1.54) is 36.4 Å². The molecule has 4 rings (SSSR count). The molecule has 3 aromatic rings. The second-order valence-corrected chi connectivity index (χ2v) is 12.6. The molecule has 0 bridgehead atoms. The Bertz CT molecular complexity index is 1350. The number of hydrogen-bond acceptors (Lipinski definition) is 6. The van der Waals surface area contributed by atoms with Crippen molar-refractivity contribution < 1.29 is 55.3 Å². The Kier molecular flexibility index (Phi) is 8.23. The van der Waals surface area contributed by atoms with Gasteiger partial charge in [0.2, 0.25) is 0 Å². The average molecular weight is 572 g/mol. The van der Waals surface area contributed by atoms with Crippen LogP contribution in [0.1, 0.15) is 58.3 Å². The fraction of sp³-hybridized carbons (Fsp3) is 0.138. The summed E-state index contributed by atoms with van der Waals surface area (Å²) in [6.45, 7) is 5.39. The van der Waals surface area contributed by atoms with Crippen LogP contribution in [0.25, 0.3) is 0 Å². The summed E-state index contributed by atoms with van der Waals surface area (Å²) >= 11 is -5.50. The molecule has 39 heavy (non-hydrogen) atoms. The van der Waals surface area contributed by atoms with Gasteiger partial charge in [0, 0.05) is 0 Å². The zero-order valence-electron chi connectivity index (χ0n) is 21.2. The van der Waals surface area contributed by atoms with E-state index in [2.05, 4.69) is 0 Å². The summed E-state index contributed by atoms with van der Waals surface area (Å²) in [5, 5.41) is 0. The standard InChI is InChI=1S/C8H11.3C7H5FO2.Ti/c1-6-4-5-7(2)8(6)3;3*8-6-3-1-5(2-4-6)7(9)10;/h4H2,1-3H3;3*1-4H,(H,9,10);/q;;;;+3/p-3. The van der Waals surface area contributed by atoms with Crippen LogP contribution in [-0.2, 0) is 27.7 Å². The molecule has 0 atom stereocenters. The van der Waals surface area contributed by atoms with Crippen LogP contribution in [0.15, 0.2) is 93.4 Å². The molecule has 0 radical (unpaired) electrons. The first kappa shape index (κ1) is 28.1. The van der Waals surface area contributed by atoms with E-state index in [1.807, 2.05) is 13.8 Å². The predicted octanol–water partition coefficient (Wildman–Crippen LogP) is 6.89. The van der Waals surface area contributed by atoms with E-state index >= 15 is 0 Å². The summed E-state index contributed by atoms with van der Waals surface area (Å²) in [5.41, 5.74) is 2.14. The van der Waals surface area contributed by atoms with Gasteiger partial charge in [0.15, 0.2) is 0 Å². The quantitative estimate of drug-likeness (QED) is 0.287. The van der Waals surface area contributed by atoms with Crippen molar-refractivity contribution >= 4 is 17.9 Å². The minimum atomic E-state index is -5.50. The zero-order chi connectivity index (χ0) is 28.3. The van der Waals surface area contributed by atoms with Gasteiger partial charge in [-0.05, 0) is 0 Å². The van der Waals surface area contributed by atoms with Gasteiger partial charge in [-0.25, -0.2) is 0 Å². The van der Waals surface area contributed by atoms with Gasteiger partial charge in [-0.2, -0.15) is 0 Å². The van der Waals surface area contributed by atoms with Gasteiger partial charge in [-0.3, -0.25) is 0 Å². The van der Waals surface area contributed by atoms with Crippen LogP contribution in [-0.4, -0.2) is 17.9 Å². The number of allylic oxidation sites excluding steroid dienone is 4. The van der Waals surface area contributed by atoms with Gasteiger partial charge >= 0.3 is 228 Å². The maximum absolute atomic E-state index is 13.5. The molecule has 1 aliphatic rings. The van der Waals surface area contributed by atoms with E-state index in [-0.39, 0.29) is 23.1 Å². The second-order valence-electron chi connectivity index (χ2n) is 8.93. The third kappa shape index (κ3) is 6.21. The van der Waals surface area contributed by atoms with E-state index in [0.29, 0.717) is 9.45 Å². The molecule has 200 valence electrons. The Morgan fingerprint density at radius 1 is 0.564 bits per heavy atom. The molecule has 10 heteroatoms. The summed E-state index contributed by atoms with van der Waals surface area (Å²) in [6.07, 6.45) is 0.196. The van der Waals surface area contributed by atoms with Crippen molar-refractivity contribution in [2.24, 2.45) is 0 Å². The average Bonchev–Trinajstić information content (AvgIpc) is 3.17. The van der Waals surface area contributed by atoms with E-state index in [1.54, 1.807) is 6.92 Å². The normalized spacial score (nSPS) is 13.4. The molecular formula is C29H23F3O6Ti. The third-order valence-corrected chi connectivity index (χ3v) is 10.5. The van der Waals surface area contributed by atoms with Crippen LogP contribution in [0.4, 0.5) is 13.2 Å². The Morgan fingerprint density at radius 3 is 1.13 bits per heavy atom. The van der Waals surface area contributed by atoms with Gasteiger partial charge in [-0.15, -0.1) is 0 Å². The van der Waals surface area contributed by atoms with Crippen molar-refractivity contribution in [1.82, 2.24) is 0 Å². The van der Waals surface area contributed by atoms with E-state index in [0.717, 1.165) is 47.5 Å². The van der Waals surface area contributed by atoms with Gasteiger partial charge in [0.1, 0.15) is 0 Å². The van der Waals surface area contributed by atoms with Crippen molar-refractivity contribution in [3.63, 3.8) is 0 Å². The fourth-order valence-corrected chi connectivity index (χ4v) is 8.19. The van der Waals surface area contributed by atoms with Crippen LogP contribution in [0.2, 0.25) is 0 Å². The van der Waals surface area contributed by atoms with Gasteiger partial charge in [0.05, 0.1) is 0 Å². The molecule has 6 nitrogen and oxygen atoms in total. The first-order chi connectivity index (χ1) is 18.5. The van der Waals surface area contributed by atoms with Crippen molar-refractivity contribution in [3.05, 3.63) is 128 Å². The Hall–Kier alpha value is -3.95. The summed E-state index contributed by atoms with van der Waals surface area (Å²) in [5.74, 6) is -4.78. The zero-order valence-corrected chi connectivity index (χ0v) is 22.8. The van der Waals surface area contributed by atoms with Crippen LogP contribution in [0.3, 0.4) is 0 Å². The molecule has 0 aromatic heterocycles. The maximum atomic E-state index is 13.5. The van der Waals surface area contributed by atoms with Gasteiger partial charge in [0.25, 0.3) is 0 Å². The second kappa shape index (κ2) is 11.4. The molecule has 0 saturated heterocycles. The molecule has 0 N–H and O–H groups in total. The van der Waals surface area contributed by atoms with Crippen molar-refractivity contribution in [3.8, 4) is 0 Å². The van der Waals surface area contributed by atoms with E-state index < -0.39 is 53.1 Å². The van der Waals surface area contributed by atoms with Crippen LogP contribution in [0, 0.1) is 17.5 Å². The number of rotatable bonds is 7. The topological polar surface area (TPSA) is 78.9 Å². The first-order valence-corrected chi connectivity index (χ1v) is 14.5. The molecule has 0 heterocycles. The predicted molar refractivity (Wildman–Crippen MR) is 131 cm³/mol. The molecule has 0 aliphatic heterocycles. The summed E-state index contributed by atoms with van der Waals surface area (Å²) < 4.78 is 58.4. The van der Waals surface area contributed by atoms with E-state index in [4.69, 9.17) is 9.96 Å². The van der Waals surface area contributed by atoms with E-state index in [9.17, 15) is 27.6 Å². The monoisotopic (exact) mass is 572 g/mol. The summed E-state index contributed by atoms with van der Waals surface area (Å²) in [6, 6.07) is 13.4. The van der Waals surface area contributed by atoms with Crippen molar-refractivity contribution in [2.45, 2.75) is 27.2 Å².